The average Bonchev–Trinajstić information content (AvgIpc) is 3.40. The second kappa shape index (κ2) is 8.62. The molecular formula is C29H23N3O2S2. The molecule has 0 unspecified atom stereocenters. The summed E-state index contributed by atoms with van der Waals surface area (Å²) in [6, 6.07) is 29.0. The Balaban J connectivity index is 1.67. The Morgan fingerprint density at radius 1 is 0.806 bits per heavy atom. The number of aromatic nitrogens is 2. The van der Waals surface area contributed by atoms with Crippen LogP contribution < -0.4 is 4.72 Å². The van der Waals surface area contributed by atoms with Crippen LogP contribution in [0.25, 0.3) is 42.7 Å². The molecular weight excluding hydrogens is 486 g/mol. The van der Waals surface area contributed by atoms with E-state index >= 15 is 0 Å². The first-order valence-electron chi connectivity index (χ1n) is 11.5. The third-order valence-corrected chi connectivity index (χ3v) is 8.96. The van der Waals surface area contributed by atoms with Gasteiger partial charge in [-0.1, -0.05) is 60.2 Å². The van der Waals surface area contributed by atoms with Crippen LogP contribution in [-0.2, 0) is 17.1 Å². The standard InChI is InChI=1S/C29H23N3O2S2/c1-19-14-16-20(17-15-19)36(33,34)31-29-27(21-9-3-5-12-24(21)32(29)2)26-22-10-4-6-13-25(22)35-28(26)23-11-7-8-18-30-23/h3-18,31H,1-2H3. The first-order valence-corrected chi connectivity index (χ1v) is 13.8. The molecule has 0 spiro atoms. The van der Waals surface area contributed by atoms with Gasteiger partial charge in [0.05, 0.1) is 21.0 Å². The molecule has 6 rings (SSSR count). The van der Waals surface area contributed by atoms with Crippen LogP contribution in [0, 0.1) is 6.92 Å². The summed E-state index contributed by atoms with van der Waals surface area (Å²) >= 11 is 1.67. The van der Waals surface area contributed by atoms with Crippen molar-refractivity contribution < 1.29 is 8.42 Å². The van der Waals surface area contributed by atoms with Gasteiger partial charge in [0.1, 0.15) is 5.82 Å². The van der Waals surface area contributed by atoms with Gasteiger partial charge in [0.25, 0.3) is 10.0 Å². The first kappa shape index (κ1) is 22.5. The second-order valence-electron chi connectivity index (χ2n) is 8.74. The molecule has 178 valence electrons. The summed E-state index contributed by atoms with van der Waals surface area (Å²) in [7, 11) is -1.93. The molecule has 0 aliphatic heterocycles. The number of pyridine rings is 1. The van der Waals surface area contributed by atoms with Crippen molar-refractivity contribution in [3.05, 3.63) is 103 Å². The maximum Gasteiger partial charge on any atom is 0.263 e. The predicted molar refractivity (Wildman–Crippen MR) is 149 cm³/mol. The lowest BCUT2D eigenvalue weighted by molar-refractivity contribution is 0.600. The number of fused-ring (bicyclic) bond motifs is 2. The molecule has 0 aliphatic carbocycles. The fourth-order valence-corrected chi connectivity index (χ4v) is 6.93. The van der Waals surface area contributed by atoms with Crippen LogP contribution in [0.4, 0.5) is 5.82 Å². The highest BCUT2D eigenvalue weighted by Gasteiger charge is 2.27. The van der Waals surface area contributed by atoms with Crippen molar-refractivity contribution in [1.29, 1.82) is 0 Å². The molecule has 0 saturated carbocycles. The number of anilines is 1. The molecule has 3 aromatic heterocycles. The first-order chi connectivity index (χ1) is 17.4. The SMILES string of the molecule is Cc1ccc(S(=O)(=O)Nc2c(-c3c(-c4ccccn4)sc4ccccc34)c3ccccc3n2C)cc1. The molecule has 5 nitrogen and oxygen atoms in total. The Bertz CT molecular complexity index is 1840. The fraction of sp³-hybridized carbons (Fsp3) is 0.0690. The van der Waals surface area contributed by atoms with Crippen molar-refractivity contribution in [3.63, 3.8) is 0 Å². The largest absolute Gasteiger partial charge is 0.329 e. The molecule has 1 N–H and O–H groups in total. The molecule has 36 heavy (non-hydrogen) atoms. The number of benzene rings is 3. The van der Waals surface area contributed by atoms with Gasteiger partial charge in [-0.2, -0.15) is 0 Å². The van der Waals surface area contributed by atoms with E-state index < -0.39 is 10.0 Å². The zero-order valence-corrected chi connectivity index (χ0v) is 21.4. The highest BCUT2D eigenvalue weighted by molar-refractivity contribution is 7.92. The van der Waals surface area contributed by atoms with Gasteiger partial charge in [0.2, 0.25) is 0 Å². The van der Waals surface area contributed by atoms with E-state index in [9.17, 15) is 8.42 Å². The van der Waals surface area contributed by atoms with E-state index in [1.807, 2.05) is 85.3 Å². The van der Waals surface area contributed by atoms with E-state index in [2.05, 4.69) is 21.8 Å². The molecule has 6 aromatic rings. The van der Waals surface area contributed by atoms with E-state index in [0.29, 0.717) is 5.82 Å². The molecule has 0 fully saturated rings. The van der Waals surface area contributed by atoms with Crippen LogP contribution >= 0.6 is 11.3 Å². The quantitative estimate of drug-likeness (QED) is 0.267. The average molecular weight is 510 g/mol. The predicted octanol–water partition coefficient (Wildman–Crippen LogP) is 7.23. The molecule has 0 atom stereocenters. The van der Waals surface area contributed by atoms with Gasteiger partial charge in [-0.05, 0) is 43.3 Å². The van der Waals surface area contributed by atoms with Crippen molar-refractivity contribution in [1.82, 2.24) is 9.55 Å². The highest BCUT2D eigenvalue weighted by Crippen LogP contribution is 2.49. The Morgan fingerprint density at radius 2 is 1.50 bits per heavy atom. The Morgan fingerprint density at radius 3 is 2.25 bits per heavy atom. The minimum absolute atomic E-state index is 0.226. The van der Waals surface area contributed by atoms with Crippen LogP contribution in [0.2, 0.25) is 0 Å². The van der Waals surface area contributed by atoms with Crippen LogP contribution in [0.15, 0.2) is 102 Å². The minimum atomic E-state index is -3.83. The third-order valence-electron chi connectivity index (χ3n) is 6.41. The molecule has 3 aromatic carbocycles. The number of para-hydroxylation sites is 1. The van der Waals surface area contributed by atoms with Crippen molar-refractivity contribution in [2.24, 2.45) is 7.05 Å². The monoisotopic (exact) mass is 509 g/mol. The number of thiophene rings is 1. The normalized spacial score (nSPS) is 11.8. The summed E-state index contributed by atoms with van der Waals surface area (Å²) in [5.74, 6) is 0.525. The summed E-state index contributed by atoms with van der Waals surface area (Å²) < 4.78 is 33.1. The smallest absolute Gasteiger partial charge is 0.263 e. The molecule has 0 radical (unpaired) electrons. The van der Waals surface area contributed by atoms with Crippen LogP contribution in [0.5, 0.6) is 0 Å². The molecule has 0 bridgehead atoms. The van der Waals surface area contributed by atoms with Crippen molar-refractivity contribution in [2.45, 2.75) is 11.8 Å². The lowest BCUT2D eigenvalue weighted by atomic mass is 9.99. The second-order valence-corrected chi connectivity index (χ2v) is 11.5. The van der Waals surface area contributed by atoms with Gasteiger partial charge >= 0.3 is 0 Å². The molecule has 0 aliphatic rings. The van der Waals surface area contributed by atoms with Crippen LogP contribution in [0.1, 0.15) is 5.56 Å². The van der Waals surface area contributed by atoms with Crippen molar-refractivity contribution in [3.8, 4) is 21.7 Å². The Kier molecular flexibility index (Phi) is 5.39. The molecule has 7 heteroatoms. The van der Waals surface area contributed by atoms with E-state index in [-0.39, 0.29) is 4.90 Å². The van der Waals surface area contributed by atoms with Gasteiger partial charge < -0.3 is 4.57 Å². The topological polar surface area (TPSA) is 64.0 Å². The maximum absolute atomic E-state index is 13.5. The lowest BCUT2D eigenvalue weighted by Gasteiger charge is -2.13. The Labute approximate surface area is 213 Å². The number of nitrogens with one attached hydrogen (secondary N) is 1. The number of hydrogen-bond donors (Lipinski definition) is 1. The zero-order chi connectivity index (χ0) is 24.9. The summed E-state index contributed by atoms with van der Waals surface area (Å²) in [6.07, 6.45) is 1.79. The zero-order valence-electron chi connectivity index (χ0n) is 19.8. The molecule has 0 amide bonds. The van der Waals surface area contributed by atoms with Gasteiger partial charge in [-0.3, -0.25) is 9.71 Å². The summed E-state index contributed by atoms with van der Waals surface area (Å²) in [6.45, 7) is 1.94. The number of aryl methyl sites for hydroxylation is 2. The van der Waals surface area contributed by atoms with Gasteiger partial charge in [-0.25, -0.2) is 8.42 Å². The summed E-state index contributed by atoms with van der Waals surface area (Å²) in [5.41, 5.74) is 4.63. The maximum atomic E-state index is 13.5. The highest BCUT2D eigenvalue weighted by atomic mass is 32.2. The number of hydrogen-bond acceptors (Lipinski definition) is 4. The summed E-state index contributed by atoms with van der Waals surface area (Å²) in [5, 5.41) is 2.04. The number of nitrogens with zero attached hydrogens (tertiary/aromatic N) is 2. The van der Waals surface area contributed by atoms with E-state index in [1.54, 1.807) is 29.7 Å². The van der Waals surface area contributed by atoms with E-state index in [0.717, 1.165) is 48.3 Å². The van der Waals surface area contributed by atoms with Crippen molar-refractivity contribution in [2.75, 3.05) is 4.72 Å². The number of rotatable bonds is 5. The van der Waals surface area contributed by atoms with E-state index in [4.69, 9.17) is 0 Å². The molecule has 0 saturated heterocycles. The fourth-order valence-electron chi connectivity index (χ4n) is 4.64. The Hall–Kier alpha value is -3.94. The van der Waals surface area contributed by atoms with Gasteiger partial charge in [0.15, 0.2) is 0 Å². The lowest BCUT2D eigenvalue weighted by Crippen LogP contribution is -2.15. The van der Waals surface area contributed by atoms with Crippen molar-refractivity contribution >= 4 is 48.2 Å². The number of sulfonamides is 1. The van der Waals surface area contributed by atoms with Gasteiger partial charge in [0, 0.05) is 39.8 Å². The van der Waals surface area contributed by atoms with Gasteiger partial charge in [-0.15, -0.1) is 11.3 Å². The third kappa shape index (κ3) is 3.68. The van der Waals surface area contributed by atoms with Crippen LogP contribution in [-0.4, -0.2) is 18.0 Å². The van der Waals surface area contributed by atoms with E-state index in [1.165, 1.54) is 0 Å². The summed E-state index contributed by atoms with van der Waals surface area (Å²) in [4.78, 5) is 5.87. The minimum Gasteiger partial charge on any atom is -0.329 e. The molecule has 3 heterocycles. The van der Waals surface area contributed by atoms with Crippen LogP contribution in [0.3, 0.4) is 0 Å².